The molecule has 2 fully saturated rings. The number of nitrogens with one attached hydrogen (secondary N) is 1. The van der Waals surface area contributed by atoms with Crippen LogP contribution in [0.3, 0.4) is 0 Å². The number of amides is 2. The molecule has 24 heavy (non-hydrogen) atoms. The van der Waals surface area contributed by atoms with Crippen molar-refractivity contribution in [3.05, 3.63) is 22.4 Å². The Balaban J connectivity index is 1.49. The van der Waals surface area contributed by atoms with Crippen LogP contribution in [-0.4, -0.2) is 34.7 Å². The number of urea groups is 1. The summed E-state index contributed by atoms with van der Waals surface area (Å²) in [5.41, 5.74) is 0.268. The van der Waals surface area contributed by atoms with E-state index in [2.05, 4.69) is 26.1 Å². The highest BCUT2D eigenvalue weighted by Crippen LogP contribution is 2.44. The first-order valence-corrected chi connectivity index (χ1v) is 9.95. The lowest BCUT2D eigenvalue weighted by molar-refractivity contribution is 0.0681. The van der Waals surface area contributed by atoms with Crippen molar-refractivity contribution in [3.63, 3.8) is 0 Å². The molecule has 1 saturated heterocycles. The van der Waals surface area contributed by atoms with Gasteiger partial charge in [0, 0.05) is 23.5 Å². The molecule has 1 saturated carbocycles. The van der Waals surface area contributed by atoms with Gasteiger partial charge in [-0.25, -0.2) is 4.79 Å². The number of nitrogens with zero attached hydrogens (tertiary/aromatic N) is 1. The van der Waals surface area contributed by atoms with Gasteiger partial charge in [-0.3, -0.25) is 0 Å². The molecule has 1 aromatic heterocycles. The van der Waals surface area contributed by atoms with Crippen molar-refractivity contribution in [1.29, 1.82) is 0 Å². The molecular weight excluding hydrogens is 320 g/mol. The van der Waals surface area contributed by atoms with Gasteiger partial charge in [-0.15, -0.1) is 11.3 Å². The van der Waals surface area contributed by atoms with Gasteiger partial charge in [0.05, 0.1) is 6.10 Å². The molecule has 2 aliphatic rings. The van der Waals surface area contributed by atoms with E-state index in [1.54, 1.807) is 11.3 Å². The number of aliphatic hydroxyl groups excluding tert-OH is 1. The number of hydrogen-bond acceptors (Lipinski definition) is 3. The molecule has 1 atom stereocenters. The fourth-order valence-corrected chi connectivity index (χ4v) is 4.73. The lowest BCUT2D eigenvalue weighted by Gasteiger charge is -2.36. The minimum Gasteiger partial charge on any atom is -0.387 e. The zero-order valence-electron chi connectivity index (χ0n) is 15.0. The van der Waals surface area contributed by atoms with Crippen molar-refractivity contribution < 1.29 is 9.90 Å². The fourth-order valence-electron chi connectivity index (χ4n) is 3.93. The summed E-state index contributed by atoms with van der Waals surface area (Å²) >= 11 is 1.61. The second kappa shape index (κ2) is 6.68. The lowest BCUT2D eigenvalue weighted by Crippen LogP contribution is -2.50. The molecule has 2 amide bonds. The Morgan fingerprint density at radius 1 is 1.42 bits per heavy atom. The summed E-state index contributed by atoms with van der Waals surface area (Å²) in [6.07, 6.45) is 4.61. The highest BCUT2D eigenvalue weighted by atomic mass is 32.1. The van der Waals surface area contributed by atoms with Gasteiger partial charge < -0.3 is 15.3 Å². The van der Waals surface area contributed by atoms with E-state index in [-0.39, 0.29) is 29.0 Å². The van der Waals surface area contributed by atoms with Gasteiger partial charge in [0.2, 0.25) is 0 Å². The molecule has 1 unspecified atom stereocenters. The summed E-state index contributed by atoms with van der Waals surface area (Å²) in [6.45, 7) is 8.18. The van der Waals surface area contributed by atoms with Crippen molar-refractivity contribution in [2.24, 2.45) is 11.3 Å². The predicted octanol–water partition coefficient (Wildman–Crippen LogP) is 4.17. The van der Waals surface area contributed by atoms with E-state index >= 15 is 0 Å². The molecule has 2 N–H and O–H groups in total. The van der Waals surface area contributed by atoms with Crippen LogP contribution in [0.4, 0.5) is 4.79 Å². The van der Waals surface area contributed by atoms with Gasteiger partial charge >= 0.3 is 6.03 Å². The standard InChI is InChI=1S/C19H30N2O2S/c1-18(2,3)13-19(8-9-19)20-17(23)21-10-6-14(7-11-21)16(22)15-5-4-12-24-15/h4-5,12,14,16,22H,6-11,13H2,1-3H3,(H,20,23). The summed E-state index contributed by atoms with van der Waals surface area (Å²) < 4.78 is 0. The van der Waals surface area contributed by atoms with E-state index in [0.717, 1.165) is 50.1 Å². The molecule has 3 rings (SSSR count). The quantitative estimate of drug-likeness (QED) is 0.856. The van der Waals surface area contributed by atoms with Crippen LogP contribution in [0.2, 0.25) is 0 Å². The zero-order valence-corrected chi connectivity index (χ0v) is 15.9. The van der Waals surface area contributed by atoms with Crippen LogP contribution in [-0.2, 0) is 0 Å². The summed E-state index contributed by atoms with van der Waals surface area (Å²) in [7, 11) is 0. The second-order valence-corrected chi connectivity index (χ2v) is 9.71. The average molecular weight is 351 g/mol. The third-order valence-corrected chi connectivity index (χ3v) is 6.15. The van der Waals surface area contributed by atoms with Crippen molar-refractivity contribution in [2.45, 2.75) is 64.5 Å². The number of piperidine rings is 1. The van der Waals surface area contributed by atoms with Gasteiger partial charge in [-0.2, -0.15) is 0 Å². The van der Waals surface area contributed by atoms with Crippen LogP contribution in [0.25, 0.3) is 0 Å². The van der Waals surface area contributed by atoms with Gasteiger partial charge in [0.25, 0.3) is 0 Å². The number of thiophene rings is 1. The van der Waals surface area contributed by atoms with E-state index in [0.29, 0.717) is 0 Å². The highest BCUT2D eigenvalue weighted by molar-refractivity contribution is 7.10. The van der Waals surface area contributed by atoms with E-state index in [9.17, 15) is 9.90 Å². The van der Waals surface area contributed by atoms with Gasteiger partial charge in [0.1, 0.15) is 0 Å². The molecule has 0 spiro atoms. The van der Waals surface area contributed by atoms with Crippen LogP contribution in [0.1, 0.15) is 63.9 Å². The van der Waals surface area contributed by atoms with Crippen molar-refractivity contribution >= 4 is 17.4 Å². The Hall–Kier alpha value is -1.07. The summed E-state index contributed by atoms with van der Waals surface area (Å²) in [5.74, 6) is 0.261. The van der Waals surface area contributed by atoms with E-state index in [1.165, 1.54) is 0 Å². The van der Waals surface area contributed by atoms with Gasteiger partial charge in [-0.05, 0) is 54.9 Å². The lowest BCUT2D eigenvalue weighted by atomic mass is 9.86. The zero-order chi connectivity index (χ0) is 17.4. The molecule has 1 aliphatic heterocycles. The molecule has 0 aromatic carbocycles. The number of aliphatic hydroxyl groups is 1. The van der Waals surface area contributed by atoms with Gasteiger partial charge in [-0.1, -0.05) is 26.8 Å². The van der Waals surface area contributed by atoms with Crippen LogP contribution in [0.15, 0.2) is 17.5 Å². The second-order valence-electron chi connectivity index (χ2n) is 8.73. The Morgan fingerprint density at radius 3 is 2.58 bits per heavy atom. The maximum atomic E-state index is 12.6. The molecule has 1 aromatic rings. The van der Waals surface area contributed by atoms with Crippen molar-refractivity contribution in [2.75, 3.05) is 13.1 Å². The highest BCUT2D eigenvalue weighted by Gasteiger charge is 2.47. The molecule has 1 aliphatic carbocycles. The third-order valence-electron chi connectivity index (χ3n) is 5.20. The van der Waals surface area contributed by atoms with Crippen LogP contribution in [0.5, 0.6) is 0 Å². The smallest absolute Gasteiger partial charge is 0.317 e. The maximum absolute atomic E-state index is 12.6. The van der Waals surface area contributed by atoms with Crippen LogP contribution < -0.4 is 5.32 Å². The summed E-state index contributed by atoms with van der Waals surface area (Å²) in [5, 5.41) is 15.8. The molecule has 2 heterocycles. The third kappa shape index (κ3) is 4.31. The van der Waals surface area contributed by atoms with Crippen molar-refractivity contribution in [3.8, 4) is 0 Å². The molecular formula is C19H30N2O2S. The number of hydrogen-bond donors (Lipinski definition) is 2. The van der Waals surface area contributed by atoms with E-state index in [4.69, 9.17) is 0 Å². The average Bonchev–Trinajstić information content (AvgIpc) is 3.03. The molecule has 0 bridgehead atoms. The predicted molar refractivity (Wildman–Crippen MR) is 98.1 cm³/mol. The Kier molecular flexibility index (Phi) is 4.94. The molecule has 4 nitrogen and oxygen atoms in total. The Morgan fingerprint density at radius 2 is 2.08 bits per heavy atom. The van der Waals surface area contributed by atoms with Crippen LogP contribution >= 0.6 is 11.3 Å². The Labute approximate surface area is 149 Å². The largest absolute Gasteiger partial charge is 0.387 e. The molecule has 0 radical (unpaired) electrons. The number of rotatable bonds is 4. The number of likely N-dealkylation sites (tertiary alicyclic amines) is 1. The first kappa shape index (κ1) is 17.7. The van der Waals surface area contributed by atoms with Gasteiger partial charge in [0.15, 0.2) is 0 Å². The minimum absolute atomic E-state index is 0.0304. The number of carbonyl (C=O) groups is 1. The van der Waals surface area contributed by atoms with E-state index < -0.39 is 0 Å². The number of carbonyl (C=O) groups excluding carboxylic acids is 1. The summed E-state index contributed by atoms with van der Waals surface area (Å²) in [4.78, 5) is 15.6. The monoisotopic (exact) mass is 350 g/mol. The normalized spacial score (nSPS) is 22.2. The first-order valence-electron chi connectivity index (χ1n) is 9.07. The Bertz CT molecular complexity index is 552. The maximum Gasteiger partial charge on any atom is 0.317 e. The summed E-state index contributed by atoms with van der Waals surface area (Å²) in [6, 6.07) is 4.06. The molecule has 134 valence electrons. The topological polar surface area (TPSA) is 52.6 Å². The van der Waals surface area contributed by atoms with E-state index in [1.807, 2.05) is 22.4 Å². The fraction of sp³-hybridized carbons (Fsp3) is 0.737. The molecule has 5 heteroatoms. The SMILES string of the molecule is CC(C)(C)CC1(NC(=O)N2CCC(C(O)c3cccs3)CC2)CC1. The van der Waals surface area contributed by atoms with Crippen LogP contribution in [0, 0.1) is 11.3 Å². The first-order chi connectivity index (χ1) is 11.3. The minimum atomic E-state index is -0.383. The van der Waals surface area contributed by atoms with Crippen molar-refractivity contribution in [1.82, 2.24) is 10.2 Å².